The van der Waals surface area contributed by atoms with E-state index in [0.29, 0.717) is 0 Å². The van der Waals surface area contributed by atoms with E-state index >= 15 is 0 Å². The van der Waals surface area contributed by atoms with E-state index in [4.69, 9.17) is 11.6 Å². The molecule has 1 atom stereocenters. The van der Waals surface area contributed by atoms with Crippen LogP contribution in [0, 0.1) is 13.8 Å². The van der Waals surface area contributed by atoms with Gasteiger partial charge < -0.3 is 0 Å². The summed E-state index contributed by atoms with van der Waals surface area (Å²) < 4.78 is 1.10. The van der Waals surface area contributed by atoms with Gasteiger partial charge >= 0.3 is 0 Å². The molecule has 106 valence electrons. The molecule has 1 unspecified atom stereocenters. The van der Waals surface area contributed by atoms with Crippen molar-refractivity contribution in [2.24, 2.45) is 0 Å². The molecule has 0 fully saturated rings. The molecule has 3 aromatic carbocycles. The van der Waals surface area contributed by atoms with Crippen molar-refractivity contribution < 1.29 is 0 Å². The number of hydrogen-bond acceptors (Lipinski definition) is 0. The van der Waals surface area contributed by atoms with E-state index in [1.807, 2.05) is 0 Å². The van der Waals surface area contributed by atoms with Crippen molar-refractivity contribution in [1.29, 1.82) is 0 Å². The zero-order valence-electron chi connectivity index (χ0n) is 12.0. The molecule has 0 amide bonds. The van der Waals surface area contributed by atoms with Gasteiger partial charge in [0.05, 0.1) is 5.38 Å². The highest BCUT2D eigenvalue weighted by Gasteiger charge is 2.14. The Morgan fingerprint density at radius 1 is 0.857 bits per heavy atom. The Bertz CT molecular complexity index is 808. The first kappa shape index (κ1) is 14.6. The van der Waals surface area contributed by atoms with Crippen LogP contribution >= 0.6 is 27.5 Å². The summed E-state index contributed by atoms with van der Waals surface area (Å²) in [5, 5.41) is 2.32. The molecule has 0 aliphatic heterocycles. The van der Waals surface area contributed by atoms with Crippen molar-refractivity contribution in [3.8, 4) is 0 Å². The minimum absolute atomic E-state index is 0.113. The van der Waals surface area contributed by atoms with Crippen molar-refractivity contribution in [3.05, 3.63) is 81.3 Å². The zero-order valence-corrected chi connectivity index (χ0v) is 14.4. The van der Waals surface area contributed by atoms with E-state index in [0.717, 1.165) is 10.0 Å². The first-order valence-electron chi connectivity index (χ1n) is 6.95. The Kier molecular flexibility index (Phi) is 4.05. The third kappa shape index (κ3) is 3.00. The molecule has 0 heterocycles. The van der Waals surface area contributed by atoms with Gasteiger partial charge in [-0.05, 0) is 59.5 Å². The Labute approximate surface area is 138 Å². The lowest BCUT2D eigenvalue weighted by molar-refractivity contribution is 1.11. The molecule has 0 radical (unpaired) electrons. The van der Waals surface area contributed by atoms with Crippen molar-refractivity contribution in [2.45, 2.75) is 19.2 Å². The lowest BCUT2D eigenvalue weighted by Crippen LogP contribution is -1.97. The summed E-state index contributed by atoms with van der Waals surface area (Å²) in [7, 11) is 0. The summed E-state index contributed by atoms with van der Waals surface area (Å²) in [6.45, 7) is 4.22. The lowest BCUT2D eigenvalue weighted by atomic mass is 9.96. The fraction of sp³-hybridized carbons (Fsp3) is 0.158. The number of hydrogen-bond donors (Lipinski definition) is 0. The first-order valence-corrected chi connectivity index (χ1v) is 8.18. The van der Waals surface area contributed by atoms with Gasteiger partial charge in [0.15, 0.2) is 0 Å². The van der Waals surface area contributed by atoms with Crippen LogP contribution in [-0.2, 0) is 0 Å². The van der Waals surface area contributed by atoms with Crippen LogP contribution in [0.1, 0.15) is 27.6 Å². The molecule has 21 heavy (non-hydrogen) atoms. The highest BCUT2D eigenvalue weighted by atomic mass is 79.9. The Morgan fingerprint density at radius 2 is 1.57 bits per heavy atom. The summed E-state index contributed by atoms with van der Waals surface area (Å²) in [5.74, 6) is 0. The zero-order chi connectivity index (χ0) is 15.0. The lowest BCUT2D eigenvalue weighted by Gasteiger charge is -2.15. The topological polar surface area (TPSA) is 0 Å². The number of rotatable bonds is 2. The summed E-state index contributed by atoms with van der Waals surface area (Å²) in [6.07, 6.45) is 0. The summed E-state index contributed by atoms with van der Waals surface area (Å²) >= 11 is 10.2. The van der Waals surface area contributed by atoms with E-state index in [9.17, 15) is 0 Å². The summed E-state index contributed by atoms with van der Waals surface area (Å²) in [4.78, 5) is 0. The van der Waals surface area contributed by atoms with E-state index in [1.54, 1.807) is 0 Å². The fourth-order valence-corrected chi connectivity index (χ4v) is 3.35. The van der Waals surface area contributed by atoms with Crippen LogP contribution in [0.2, 0.25) is 0 Å². The molecule has 2 heteroatoms. The number of benzene rings is 3. The summed E-state index contributed by atoms with van der Waals surface area (Å²) in [5.41, 5.74) is 4.80. The molecule has 0 saturated carbocycles. The molecule has 0 aromatic heterocycles. The van der Waals surface area contributed by atoms with E-state index < -0.39 is 0 Å². The standard InChI is InChI=1S/C19H16BrCl/c1-12-3-4-13(2)18(9-12)19(21)16-6-5-15-11-17(20)8-7-14(15)10-16/h3-11,19H,1-2H3. The predicted octanol–water partition coefficient (Wildman–Crippen LogP) is 6.55. The Hall–Kier alpha value is -1.31. The van der Waals surface area contributed by atoms with Crippen LogP contribution in [0.4, 0.5) is 0 Å². The fourth-order valence-electron chi connectivity index (χ4n) is 2.61. The van der Waals surface area contributed by atoms with Crippen molar-refractivity contribution >= 4 is 38.3 Å². The third-order valence-corrected chi connectivity index (χ3v) is 4.81. The van der Waals surface area contributed by atoms with E-state index in [2.05, 4.69) is 84.4 Å². The molecule has 0 N–H and O–H groups in total. The average Bonchev–Trinajstić information content (AvgIpc) is 2.48. The van der Waals surface area contributed by atoms with Gasteiger partial charge in [0.25, 0.3) is 0 Å². The normalized spacial score (nSPS) is 12.6. The molecule has 0 bridgehead atoms. The van der Waals surface area contributed by atoms with Gasteiger partial charge in [-0.15, -0.1) is 11.6 Å². The van der Waals surface area contributed by atoms with Crippen LogP contribution < -0.4 is 0 Å². The third-order valence-electron chi connectivity index (χ3n) is 3.83. The number of halogens is 2. The molecule has 0 spiro atoms. The molecule has 0 aliphatic rings. The van der Waals surface area contributed by atoms with Gasteiger partial charge in [-0.3, -0.25) is 0 Å². The molecular weight excluding hydrogens is 344 g/mol. The van der Waals surface area contributed by atoms with Gasteiger partial charge in [-0.1, -0.05) is 57.9 Å². The molecule has 0 aliphatic carbocycles. The highest BCUT2D eigenvalue weighted by Crippen LogP contribution is 2.33. The van der Waals surface area contributed by atoms with Crippen LogP contribution in [0.5, 0.6) is 0 Å². The predicted molar refractivity (Wildman–Crippen MR) is 95.3 cm³/mol. The Balaban J connectivity index is 2.07. The monoisotopic (exact) mass is 358 g/mol. The quantitative estimate of drug-likeness (QED) is 0.455. The van der Waals surface area contributed by atoms with Gasteiger partial charge in [-0.25, -0.2) is 0 Å². The second kappa shape index (κ2) is 5.82. The van der Waals surface area contributed by atoms with E-state index in [-0.39, 0.29) is 5.38 Å². The average molecular weight is 360 g/mol. The molecule has 3 aromatic rings. The molecular formula is C19H16BrCl. The van der Waals surface area contributed by atoms with Crippen LogP contribution in [0.25, 0.3) is 10.8 Å². The number of alkyl halides is 1. The smallest absolute Gasteiger partial charge is 0.0838 e. The maximum Gasteiger partial charge on any atom is 0.0838 e. The van der Waals surface area contributed by atoms with Crippen LogP contribution in [0.15, 0.2) is 59.1 Å². The van der Waals surface area contributed by atoms with Crippen molar-refractivity contribution in [1.82, 2.24) is 0 Å². The molecule has 3 rings (SSSR count). The maximum atomic E-state index is 6.73. The van der Waals surface area contributed by atoms with Gasteiger partial charge in [0, 0.05) is 4.47 Å². The number of fused-ring (bicyclic) bond motifs is 1. The summed E-state index contributed by atoms with van der Waals surface area (Å²) in [6, 6.07) is 19.2. The van der Waals surface area contributed by atoms with E-state index in [1.165, 1.54) is 27.5 Å². The second-order valence-corrected chi connectivity index (χ2v) is 6.83. The second-order valence-electron chi connectivity index (χ2n) is 5.47. The molecule has 0 nitrogen and oxygen atoms in total. The number of aryl methyl sites for hydroxylation is 2. The maximum absolute atomic E-state index is 6.73. The van der Waals surface area contributed by atoms with Crippen LogP contribution in [-0.4, -0.2) is 0 Å². The SMILES string of the molecule is Cc1ccc(C)c(C(Cl)c2ccc3cc(Br)ccc3c2)c1. The minimum Gasteiger partial charge on any atom is -0.113 e. The largest absolute Gasteiger partial charge is 0.113 e. The Morgan fingerprint density at radius 3 is 2.38 bits per heavy atom. The highest BCUT2D eigenvalue weighted by molar-refractivity contribution is 9.10. The molecule has 0 saturated heterocycles. The first-order chi connectivity index (χ1) is 10.0. The van der Waals surface area contributed by atoms with Crippen molar-refractivity contribution in [3.63, 3.8) is 0 Å². The van der Waals surface area contributed by atoms with Crippen LogP contribution in [0.3, 0.4) is 0 Å². The minimum atomic E-state index is -0.113. The van der Waals surface area contributed by atoms with Gasteiger partial charge in [0.2, 0.25) is 0 Å². The van der Waals surface area contributed by atoms with Crippen molar-refractivity contribution in [2.75, 3.05) is 0 Å². The van der Waals surface area contributed by atoms with Gasteiger partial charge in [0.1, 0.15) is 0 Å². The van der Waals surface area contributed by atoms with Gasteiger partial charge in [-0.2, -0.15) is 0 Å².